The van der Waals surface area contributed by atoms with Crippen molar-refractivity contribution in [1.82, 2.24) is 10.2 Å². The van der Waals surface area contributed by atoms with Crippen molar-refractivity contribution in [2.24, 2.45) is 4.99 Å². The highest BCUT2D eigenvalue weighted by Crippen LogP contribution is 2.09. The lowest BCUT2D eigenvalue weighted by Crippen LogP contribution is -2.40. The van der Waals surface area contributed by atoms with Crippen LogP contribution in [0.2, 0.25) is 0 Å². The summed E-state index contributed by atoms with van der Waals surface area (Å²) >= 11 is 0. The molecule has 0 atom stereocenters. The Balaban J connectivity index is 2.60. The smallest absolute Gasteiger partial charge is 0.193 e. The molecule has 0 aliphatic rings. The summed E-state index contributed by atoms with van der Waals surface area (Å²) in [5, 5.41) is 3.06. The van der Waals surface area contributed by atoms with Crippen molar-refractivity contribution >= 4 is 15.8 Å². The Morgan fingerprint density at radius 1 is 1.35 bits per heavy atom. The Kier molecular flexibility index (Phi) is 6.01. The Hall–Kier alpha value is -1.56. The normalized spacial score (nSPS) is 12.3. The summed E-state index contributed by atoms with van der Waals surface area (Å²) in [7, 11) is 0.669. The molecule has 0 aliphatic carbocycles. The molecule has 0 aromatic heterocycles. The maximum absolute atomic E-state index is 11.1. The van der Waals surface area contributed by atoms with Gasteiger partial charge in [0.15, 0.2) is 5.96 Å². The van der Waals surface area contributed by atoms with Gasteiger partial charge in [-0.15, -0.1) is 0 Å². The van der Waals surface area contributed by atoms with E-state index >= 15 is 0 Å². The number of guanidine groups is 1. The van der Waals surface area contributed by atoms with E-state index in [1.54, 1.807) is 7.05 Å². The van der Waals surface area contributed by atoms with Crippen LogP contribution in [0.1, 0.15) is 11.1 Å². The largest absolute Gasteiger partial charge is 0.355 e. The molecule has 1 rings (SSSR count). The lowest BCUT2D eigenvalue weighted by molar-refractivity contribution is 0.477. The minimum atomic E-state index is -2.96. The minimum Gasteiger partial charge on any atom is -0.355 e. The maximum Gasteiger partial charge on any atom is 0.193 e. The van der Waals surface area contributed by atoms with Gasteiger partial charge in [-0.25, -0.2) is 8.42 Å². The minimum absolute atomic E-state index is 0.101. The van der Waals surface area contributed by atoms with Gasteiger partial charge in [0.1, 0.15) is 9.84 Å². The van der Waals surface area contributed by atoms with Crippen LogP contribution in [0.5, 0.6) is 0 Å². The molecule has 0 saturated heterocycles. The summed E-state index contributed by atoms with van der Waals surface area (Å²) in [6, 6.07) is 8.17. The van der Waals surface area contributed by atoms with Crippen molar-refractivity contribution < 1.29 is 8.42 Å². The summed E-state index contributed by atoms with van der Waals surface area (Å²) in [4.78, 5) is 6.15. The van der Waals surface area contributed by atoms with Gasteiger partial charge in [-0.3, -0.25) is 4.99 Å². The Morgan fingerprint density at radius 3 is 2.55 bits per heavy atom. The molecule has 5 nitrogen and oxygen atoms in total. The van der Waals surface area contributed by atoms with E-state index in [4.69, 9.17) is 0 Å². The third kappa shape index (κ3) is 5.61. The monoisotopic (exact) mass is 297 g/mol. The molecular formula is C14H23N3O2S. The van der Waals surface area contributed by atoms with E-state index in [0.717, 1.165) is 6.54 Å². The van der Waals surface area contributed by atoms with Gasteiger partial charge in [-0.1, -0.05) is 24.3 Å². The highest BCUT2D eigenvalue weighted by molar-refractivity contribution is 7.90. The first-order valence-electron chi connectivity index (χ1n) is 6.47. The summed E-state index contributed by atoms with van der Waals surface area (Å²) < 4.78 is 22.2. The van der Waals surface area contributed by atoms with Gasteiger partial charge in [0.2, 0.25) is 0 Å². The number of nitrogens with one attached hydrogen (secondary N) is 1. The number of rotatable bonds is 5. The second-order valence-electron chi connectivity index (χ2n) is 4.89. The maximum atomic E-state index is 11.1. The van der Waals surface area contributed by atoms with Crippen LogP contribution in [0.4, 0.5) is 0 Å². The molecule has 0 saturated carbocycles. The first kappa shape index (κ1) is 16.5. The van der Waals surface area contributed by atoms with E-state index < -0.39 is 9.84 Å². The number of hydrogen-bond acceptors (Lipinski definition) is 3. The van der Waals surface area contributed by atoms with E-state index in [-0.39, 0.29) is 5.75 Å². The zero-order valence-corrected chi connectivity index (χ0v) is 13.4. The Labute approximate surface area is 121 Å². The van der Waals surface area contributed by atoms with Crippen molar-refractivity contribution in [3.05, 3.63) is 35.4 Å². The van der Waals surface area contributed by atoms with Crippen LogP contribution in [0, 0.1) is 6.92 Å². The van der Waals surface area contributed by atoms with Crippen LogP contribution in [0.25, 0.3) is 0 Å². The van der Waals surface area contributed by atoms with Crippen molar-refractivity contribution in [2.75, 3.05) is 32.6 Å². The zero-order valence-electron chi connectivity index (χ0n) is 12.5. The van der Waals surface area contributed by atoms with E-state index in [9.17, 15) is 8.42 Å². The fourth-order valence-corrected chi connectivity index (χ4v) is 2.32. The van der Waals surface area contributed by atoms with Crippen LogP contribution in [-0.4, -0.2) is 51.9 Å². The first-order valence-corrected chi connectivity index (χ1v) is 8.53. The van der Waals surface area contributed by atoms with Gasteiger partial charge in [-0.05, 0) is 18.1 Å². The lowest BCUT2D eigenvalue weighted by Gasteiger charge is -2.22. The molecule has 1 aromatic carbocycles. The van der Waals surface area contributed by atoms with Crippen LogP contribution < -0.4 is 5.32 Å². The highest BCUT2D eigenvalue weighted by Gasteiger charge is 2.09. The summed E-state index contributed by atoms with van der Waals surface area (Å²) in [6.45, 7) is 3.16. The molecule has 112 valence electrons. The van der Waals surface area contributed by atoms with Gasteiger partial charge in [0.25, 0.3) is 0 Å². The predicted octanol–water partition coefficient (Wildman–Crippen LogP) is 1.05. The number of sulfone groups is 1. The molecule has 0 fully saturated rings. The van der Waals surface area contributed by atoms with Gasteiger partial charge in [-0.2, -0.15) is 0 Å². The quantitative estimate of drug-likeness (QED) is 0.652. The predicted molar refractivity (Wildman–Crippen MR) is 83.7 cm³/mol. The topological polar surface area (TPSA) is 61.8 Å². The van der Waals surface area contributed by atoms with Gasteiger partial charge in [0.05, 0.1) is 5.75 Å². The molecule has 0 heterocycles. The van der Waals surface area contributed by atoms with E-state index in [0.29, 0.717) is 12.5 Å². The number of aryl methyl sites for hydroxylation is 1. The fourth-order valence-electron chi connectivity index (χ4n) is 1.85. The highest BCUT2D eigenvalue weighted by atomic mass is 32.2. The number of hydrogen-bond donors (Lipinski definition) is 1. The molecule has 20 heavy (non-hydrogen) atoms. The molecule has 6 heteroatoms. The average Bonchev–Trinajstić information content (AvgIpc) is 2.36. The van der Waals surface area contributed by atoms with E-state index in [1.165, 1.54) is 17.4 Å². The second kappa shape index (κ2) is 7.28. The molecule has 1 N–H and O–H groups in total. The molecular weight excluding hydrogens is 274 g/mol. The SMILES string of the molecule is CN=C(NCCS(C)(=O)=O)N(C)Cc1ccccc1C. The molecule has 0 amide bonds. The summed E-state index contributed by atoms with van der Waals surface area (Å²) in [5.41, 5.74) is 2.45. The zero-order chi connectivity index (χ0) is 15.2. The van der Waals surface area contributed by atoms with Crippen LogP contribution in [-0.2, 0) is 16.4 Å². The summed E-state index contributed by atoms with van der Waals surface area (Å²) in [5.74, 6) is 0.793. The molecule has 0 radical (unpaired) electrons. The lowest BCUT2D eigenvalue weighted by atomic mass is 10.1. The van der Waals surface area contributed by atoms with Gasteiger partial charge >= 0.3 is 0 Å². The third-order valence-electron chi connectivity index (χ3n) is 3.00. The third-order valence-corrected chi connectivity index (χ3v) is 3.94. The van der Waals surface area contributed by atoms with Crippen LogP contribution >= 0.6 is 0 Å². The van der Waals surface area contributed by atoms with Gasteiger partial charge < -0.3 is 10.2 Å². The number of aliphatic imine (C=N–C) groups is 1. The van der Waals surface area contributed by atoms with Crippen molar-refractivity contribution in [1.29, 1.82) is 0 Å². The molecule has 0 bridgehead atoms. The fraction of sp³-hybridized carbons (Fsp3) is 0.500. The summed E-state index contributed by atoms with van der Waals surface area (Å²) in [6.07, 6.45) is 1.23. The first-order chi connectivity index (χ1) is 9.33. The molecule has 0 aliphatic heterocycles. The van der Waals surface area contributed by atoms with Gasteiger partial charge in [0, 0.05) is 33.4 Å². The van der Waals surface area contributed by atoms with Crippen molar-refractivity contribution in [3.8, 4) is 0 Å². The average molecular weight is 297 g/mol. The Morgan fingerprint density at radius 2 is 2.00 bits per heavy atom. The molecule has 1 aromatic rings. The van der Waals surface area contributed by atoms with Crippen LogP contribution in [0.3, 0.4) is 0 Å². The van der Waals surface area contributed by atoms with Crippen molar-refractivity contribution in [2.45, 2.75) is 13.5 Å². The number of nitrogens with zero attached hydrogens (tertiary/aromatic N) is 2. The van der Waals surface area contributed by atoms with E-state index in [2.05, 4.69) is 29.4 Å². The Bertz CT molecular complexity index is 568. The standard InChI is InChI=1S/C14H23N3O2S/c1-12-7-5-6-8-13(12)11-17(3)14(15-2)16-9-10-20(4,18)19/h5-8H,9-11H2,1-4H3,(H,15,16). The molecule has 0 unspecified atom stereocenters. The second-order valence-corrected chi connectivity index (χ2v) is 7.15. The molecule has 0 spiro atoms. The number of benzene rings is 1. The van der Waals surface area contributed by atoms with Crippen molar-refractivity contribution in [3.63, 3.8) is 0 Å². The van der Waals surface area contributed by atoms with Crippen LogP contribution in [0.15, 0.2) is 29.3 Å². The van der Waals surface area contributed by atoms with E-state index in [1.807, 2.05) is 24.1 Å².